The summed E-state index contributed by atoms with van der Waals surface area (Å²) in [5.74, 6) is 0. The maximum atomic E-state index is 9.79. The molecule has 1 aromatic carbocycles. The Hall–Kier alpha value is -1.40. The van der Waals surface area contributed by atoms with E-state index >= 15 is 0 Å². The lowest BCUT2D eigenvalue weighted by molar-refractivity contribution is 0.182. The van der Waals surface area contributed by atoms with Crippen LogP contribution in [0.4, 0.5) is 0 Å². The predicted molar refractivity (Wildman–Crippen MR) is 97.4 cm³/mol. The highest BCUT2D eigenvalue weighted by Crippen LogP contribution is 2.35. The zero-order valence-corrected chi connectivity index (χ0v) is 15.8. The summed E-state index contributed by atoms with van der Waals surface area (Å²) in [6.45, 7) is 4.78. The molecule has 1 atom stereocenters. The Morgan fingerprint density at radius 2 is 1.52 bits per heavy atom. The quantitative estimate of drug-likeness (QED) is 0.658. The van der Waals surface area contributed by atoms with Crippen LogP contribution >= 0.6 is 8.60 Å². The van der Waals surface area contributed by atoms with Gasteiger partial charge in [-0.25, -0.2) is 0 Å². The summed E-state index contributed by atoms with van der Waals surface area (Å²) in [6, 6.07) is 13.0. The Bertz CT molecular complexity index is 612. The number of hydrogen-bond acceptors (Lipinski definition) is 6. The van der Waals surface area contributed by atoms with E-state index in [0.29, 0.717) is 18.0 Å². The summed E-state index contributed by atoms with van der Waals surface area (Å²) in [4.78, 5) is 14.0. The zero-order chi connectivity index (χ0) is 18.5. The molecule has 25 heavy (non-hydrogen) atoms. The Balaban J connectivity index is 0.00000151. The molecule has 0 saturated heterocycles. The lowest BCUT2D eigenvalue weighted by Crippen LogP contribution is -1.98. The van der Waals surface area contributed by atoms with Gasteiger partial charge in [-0.1, -0.05) is 44.2 Å². The topological polar surface area (TPSA) is 81.0 Å². The number of aliphatic hydroxyl groups is 1. The second kappa shape index (κ2) is 12.9. The smallest absolute Gasteiger partial charge is 0.330 e. The van der Waals surface area contributed by atoms with Gasteiger partial charge >= 0.3 is 8.60 Å². The second-order valence-corrected chi connectivity index (χ2v) is 5.81. The number of hydrogen-bond donors (Lipinski definition) is 2. The minimum atomic E-state index is -1.99. The summed E-state index contributed by atoms with van der Waals surface area (Å²) in [6.07, 6.45) is 0. The Morgan fingerprint density at radius 3 is 2.20 bits per heavy atom. The Morgan fingerprint density at radius 1 is 0.920 bits per heavy atom. The van der Waals surface area contributed by atoms with Gasteiger partial charge in [-0.3, -0.25) is 4.98 Å². The lowest BCUT2D eigenvalue weighted by atomic mass is 10.1. The molecule has 138 valence electrons. The van der Waals surface area contributed by atoms with Gasteiger partial charge in [0, 0.05) is 7.11 Å². The van der Waals surface area contributed by atoms with E-state index < -0.39 is 8.60 Å². The van der Waals surface area contributed by atoms with Crippen LogP contribution in [0.5, 0.6) is 0 Å². The highest BCUT2D eigenvalue weighted by Gasteiger charge is 2.09. The molecule has 2 rings (SSSR count). The first-order valence-corrected chi connectivity index (χ1v) is 9.21. The number of aliphatic hydroxyl groups excluding tert-OH is 1. The fraction of sp³-hybridized carbons (Fsp3) is 0.389. The van der Waals surface area contributed by atoms with Crippen molar-refractivity contribution in [3.05, 3.63) is 65.0 Å². The molecule has 0 aliphatic rings. The molecule has 1 unspecified atom stereocenters. The van der Waals surface area contributed by atoms with E-state index in [1.54, 1.807) is 25.3 Å². The summed E-state index contributed by atoms with van der Waals surface area (Å²) < 4.78 is 15.7. The standard InChI is InChI=1S/C16H20NO5P.C2H6/c1-20-10-13-4-2-5-14(8-13)11-21-23(19)22-12-16-7-3-6-15(9-18)17-16;1-2/h2-8,18-19H,9-12H2,1H3;1-2H3. The number of methoxy groups -OCH3 is 1. The average molecular weight is 367 g/mol. The predicted octanol–water partition coefficient (Wildman–Crippen LogP) is 3.70. The summed E-state index contributed by atoms with van der Waals surface area (Å²) >= 11 is 0. The van der Waals surface area contributed by atoms with Crippen molar-refractivity contribution < 1.29 is 23.8 Å². The number of pyridine rings is 1. The van der Waals surface area contributed by atoms with Gasteiger partial charge in [-0.05, 0) is 23.3 Å². The van der Waals surface area contributed by atoms with E-state index in [4.69, 9.17) is 18.9 Å². The molecule has 0 aliphatic carbocycles. The first kappa shape index (κ1) is 21.6. The minimum absolute atomic E-state index is 0.125. The first-order valence-electron chi connectivity index (χ1n) is 8.08. The molecule has 0 radical (unpaired) electrons. The molecule has 0 spiro atoms. The summed E-state index contributed by atoms with van der Waals surface area (Å²) in [5, 5.41) is 9.03. The van der Waals surface area contributed by atoms with Crippen molar-refractivity contribution in [2.24, 2.45) is 0 Å². The number of benzene rings is 1. The molecule has 0 aliphatic heterocycles. The normalized spacial score (nSPS) is 11.6. The van der Waals surface area contributed by atoms with Crippen molar-refractivity contribution in [2.45, 2.75) is 40.3 Å². The number of rotatable bonds is 9. The maximum absolute atomic E-state index is 9.79. The fourth-order valence-electron chi connectivity index (χ4n) is 1.96. The van der Waals surface area contributed by atoms with Gasteiger partial charge in [0.15, 0.2) is 0 Å². The molecule has 0 saturated carbocycles. The van der Waals surface area contributed by atoms with Crippen LogP contribution in [0.15, 0.2) is 42.5 Å². The van der Waals surface area contributed by atoms with Crippen LogP contribution in [0.25, 0.3) is 0 Å². The van der Waals surface area contributed by atoms with Crippen LogP contribution in [0, 0.1) is 0 Å². The number of nitrogens with zero attached hydrogens (tertiary/aromatic N) is 1. The molecule has 6 nitrogen and oxygen atoms in total. The lowest BCUT2D eigenvalue weighted by Gasteiger charge is -2.11. The molecule has 2 aromatic rings. The molecule has 1 heterocycles. The van der Waals surface area contributed by atoms with Crippen molar-refractivity contribution in [1.82, 2.24) is 4.98 Å². The van der Waals surface area contributed by atoms with Gasteiger partial charge in [-0.2, -0.15) is 0 Å². The molecule has 0 bridgehead atoms. The van der Waals surface area contributed by atoms with Gasteiger partial charge < -0.3 is 23.8 Å². The van der Waals surface area contributed by atoms with Crippen LogP contribution in [0.1, 0.15) is 36.4 Å². The third kappa shape index (κ3) is 8.50. The SMILES string of the molecule is CC.COCc1cccc(COP(O)OCc2cccc(CO)n2)c1. The van der Waals surface area contributed by atoms with Crippen LogP contribution in [-0.4, -0.2) is 22.1 Å². The van der Waals surface area contributed by atoms with Crippen LogP contribution in [-0.2, 0) is 40.2 Å². The van der Waals surface area contributed by atoms with Crippen LogP contribution in [0.3, 0.4) is 0 Å². The first-order chi connectivity index (χ1) is 12.2. The van der Waals surface area contributed by atoms with Crippen molar-refractivity contribution in [1.29, 1.82) is 0 Å². The summed E-state index contributed by atoms with van der Waals surface area (Å²) in [7, 11) is -0.350. The van der Waals surface area contributed by atoms with E-state index in [1.165, 1.54) is 0 Å². The average Bonchev–Trinajstić information content (AvgIpc) is 2.67. The van der Waals surface area contributed by atoms with Gasteiger partial charge in [0.1, 0.15) is 0 Å². The summed E-state index contributed by atoms with van der Waals surface area (Å²) in [5.41, 5.74) is 3.17. The van der Waals surface area contributed by atoms with Crippen LogP contribution in [0.2, 0.25) is 0 Å². The highest BCUT2D eigenvalue weighted by molar-refractivity contribution is 7.40. The van der Waals surface area contributed by atoms with Crippen molar-refractivity contribution in [3.8, 4) is 0 Å². The molecule has 2 N–H and O–H groups in total. The monoisotopic (exact) mass is 367 g/mol. The van der Waals surface area contributed by atoms with Crippen LogP contribution < -0.4 is 0 Å². The minimum Gasteiger partial charge on any atom is -0.390 e. The molecular formula is C18H26NO5P. The van der Waals surface area contributed by atoms with Crippen molar-refractivity contribution >= 4 is 8.60 Å². The number of ether oxygens (including phenoxy) is 1. The second-order valence-electron chi connectivity index (χ2n) is 4.82. The molecule has 1 aromatic heterocycles. The zero-order valence-electron chi connectivity index (χ0n) is 14.9. The maximum Gasteiger partial charge on any atom is 0.330 e. The molecular weight excluding hydrogens is 341 g/mol. The van der Waals surface area contributed by atoms with E-state index in [9.17, 15) is 4.89 Å². The third-order valence-corrected chi connectivity index (χ3v) is 3.69. The Kier molecular flexibility index (Phi) is 11.2. The van der Waals surface area contributed by atoms with E-state index in [-0.39, 0.29) is 19.8 Å². The largest absolute Gasteiger partial charge is 0.390 e. The molecule has 0 amide bonds. The van der Waals surface area contributed by atoms with Gasteiger partial charge in [0.25, 0.3) is 0 Å². The van der Waals surface area contributed by atoms with Gasteiger partial charge in [0.05, 0.1) is 37.8 Å². The molecule has 7 heteroatoms. The van der Waals surface area contributed by atoms with Crippen molar-refractivity contribution in [2.75, 3.05) is 7.11 Å². The number of aromatic nitrogens is 1. The highest BCUT2D eigenvalue weighted by atomic mass is 31.2. The van der Waals surface area contributed by atoms with E-state index in [2.05, 4.69) is 4.98 Å². The molecule has 0 fully saturated rings. The fourth-order valence-corrected chi connectivity index (χ4v) is 2.54. The van der Waals surface area contributed by atoms with Gasteiger partial charge in [-0.15, -0.1) is 0 Å². The third-order valence-electron chi connectivity index (χ3n) is 2.99. The van der Waals surface area contributed by atoms with Gasteiger partial charge in [0.2, 0.25) is 0 Å². The Labute approximate surface area is 150 Å². The van der Waals surface area contributed by atoms with E-state index in [1.807, 2.05) is 38.1 Å². The van der Waals surface area contributed by atoms with Crippen molar-refractivity contribution in [3.63, 3.8) is 0 Å². The van der Waals surface area contributed by atoms with E-state index in [0.717, 1.165) is 11.1 Å².